The molecule has 0 aromatic heterocycles. The van der Waals surface area contributed by atoms with Crippen LogP contribution in [0.3, 0.4) is 0 Å². The molecule has 23 heavy (non-hydrogen) atoms. The Morgan fingerprint density at radius 3 is 2.61 bits per heavy atom. The summed E-state index contributed by atoms with van der Waals surface area (Å²) in [5, 5.41) is 11.7. The van der Waals surface area contributed by atoms with Gasteiger partial charge in [-0.1, -0.05) is 41.9 Å². The van der Waals surface area contributed by atoms with Gasteiger partial charge in [0.05, 0.1) is 11.3 Å². The van der Waals surface area contributed by atoms with E-state index in [-0.39, 0.29) is 18.0 Å². The van der Waals surface area contributed by atoms with Crippen molar-refractivity contribution in [2.24, 2.45) is 0 Å². The molecule has 0 spiro atoms. The second kappa shape index (κ2) is 7.74. The Morgan fingerprint density at radius 1 is 1.22 bits per heavy atom. The standard InChI is InChI=1S/C17H17ClN2O3/c1-2-19(12-13-6-5-8-15(18)10-13)17(21)11-14-7-3-4-9-16(14)20(22)23/h3-10H,2,11-12H2,1H3. The van der Waals surface area contributed by atoms with Gasteiger partial charge >= 0.3 is 0 Å². The quantitative estimate of drug-likeness (QED) is 0.596. The largest absolute Gasteiger partial charge is 0.338 e. The van der Waals surface area contributed by atoms with E-state index in [1.807, 2.05) is 25.1 Å². The van der Waals surface area contributed by atoms with Crippen LogP contribution in [-0.2, 0) is 17.8 Å². The van der Waals surface area contributed by atoms with Gasteiger partial charge in [0.2, 0.25) is 5.91 Å². The Bertz CT molecular complexity index is 718. The van der Waals surface area contributed by atoms with E-state index < -0.39 is 4.92 Å². The average molecular weight is 333 g/mol. The first-order chi connectivity index (χ1) is 11.0. The van der Waals surface area contributed by atoms with Crippen molar-refractivity contribution in [2.45, 2.75) is 19.9 Å². The Kier molecular flexibility index (Phi) is 5.71. The number of carbonyl (C=O) groups excluding carboxylic acids is 1. The number of likely N-dealkylation sites (N-methyl/N-ethyl adjacent to an activating group) is 1. The predicted octanol–water partition coefficient (Wildman–Crippen LogP) is 3.84. The summed E-state index contributed by atoms with van der Waals surface area (Å²) in [5.41, 5.74) is 1.32. The number of nitro benzene ring substituents is 1. The monoisotopic (exact) mass is 332 g/mol. The van der Waals surface area contributed by atoms with E-state index in [1.165, 1.54) is 6.07 Å². The van der Waals surface area contributed by atoms with Crippen LogP contribution in [0.25, 0.3) is 0 Å². The zero-order valence-corrected chi connectivity index (χ0v) is 13.5. The lowest BCUT2D eigenvalue weighted by molar-refractivity contribution is -0.385. The van der Waals surface area contributed by atoms with Crippen LogP contribution in [0.15, 0.2) is 48.5 Å². The topological polar surface area (TPSA) is 63.5 Å². The minimum Gasteiger partial charge on any atom is -0.338 e. The number of nitrogens with zero attached hydrogens (tertiary/aromatic N) is 2. The van der Waals surface area contributed by atoms with Gasteiger partial charge in [0.25, 0.3) is 5.69 Å². The molecule has 0 saturated carbocycles. The fourth-order valence-corrected chi connectivity index (χ4v) is 2.56. The smallest absolute Gasteiger partial charge is 0.273 e. The number of nitro groups is 1. The molecule has 0 atom stereocenters. The van der Waals surface area contributed by atoms with Crippen LogP contribution in [0.1, 0.15) is 18.1 Å². The van der Waals surface area contributed by atoms with E-state index in [4.69, 9.17) is 11.6 Å². The zero-order valence-electron chi connectivity index (χ0n) is 12.7. The van der Waals surface area contributed by atoms with E-state index in [9.17, 15) is 14.9 Å². The van der Waals surface area contributed by atoms with Crippen LogP contribution in [0, 0.1) is 10.1 Å². The molecule has 2 rings (SSSR count). The summed E-state index contributed by atoms with van der Waals surface area (Å²) in [6, 6.07) is 13.6. The highest BCUT2D eigenvalue weighted by Crippen LogP contribution is 2.19. The van der Waals surface area contributed by atoms with Gasteiger partial charge in [-0.2, -0.15) is 0 Å². The molecule has 6 heteroatoms. The van der Waals surface area contributed by atoms with Crippen molar-refractivity contribution in [3.8, 4) is 0 Å². The van der Waals surface area contributed by atoms with Crippen LogP contribution in [0.5, 0.6) is 0 Å². The van der Waals surface area contributed by atoms with Gasteiger partial charge in [-0.05, 0) is 24.6 Å². The van der Waals surface area contributed by atoms with Crippen molar-refractivity contribution in [3.63, 3.8) is 0 Å². The summed E-state index contributed by atoms with van der Waals surface area (Å²) in [6.45, 7) is 2.82. The van der Waals surface area contributed by atoms with Crippen LogP contribution in [0.2, 0.25) is 5.02 Å². The predicted molar refractivity (Wildman–Crippen MR) is 89.3 cm³/mol. The van der Waals surface area contributed by atoms with Crippen LogP contribution >= 0.6 is 11.6 Å². The minimum absolute atomic E-state index is 0.00551. The fourth-order valence-electron chi connectivity index (χ4n) is 2.35. The molecule has 120 valence electrons. The maximum atomic E-state index is 12.5. The van der Waals surface area contributed by atoms with Gasteiger partial charge in [0.1, 0.15) is 0 Å². The molecule has 5 nitrogen and oxygen atoms in total. The third kappa shape index (κ3) is 4.53. The molecule has 0 unspecified atom stereocenters. The van der Waals surface area contributed by atoms with Gasteiger partial charge in [0.15, 0.2) is 0 Å². The number of benzene rings is 2. The first-order valence-corrected chi connectivity index (χ1v) is 7.63. The van der Waals surface area contributed by atoms with Gasteiger partial charge in [0, 0.05) is 29.7 Å². The van der Waals surface area contributed by atoms with E-state index in [2.05, 4.69) is 0 Å². The highest BCUT2D eigenvalue weighted by Gasteiger charge is 2.19. The number of amides is 1. The molecule has 0 fully saturated rings. The summed E-state index contributed by atoms with van der Waals surface area (Å²) >= 11 is 5.96. The minimum atomic E-state index is -0.462. The average Bonchev–Trinajstić information content (AvgIpc) is 2.53. The van der Waals surface area contributed by atoms with Crippen molar-refractivity contribution in [2.75, 3.05) is 6.54 Å². The molecular weight excluding hydrogens is 316 g/mol. The molecular formula is C17H17ClN2O3. The summed E-state index contributed by atoms with van der Waals surface area (Å²) in [7, 11) is 0. The normalized spacial score (nSPS) is 10.3. The molecule has 0 aliphatic heterocycles. The van der Waals surface area contributed by atoms with Crippen molar-refractivity contribution < 1.29 is 9.72 Å². The van der Waals surface area contributed by atoms with Crippen molar-refractivity contribution in [1.29, 1.82) is 0 Å². The summed E-state index contributed by atoms with van der Waals surface area (Å²) in [6.07, 6.45) is 0.00551. The lowest BCUT2D eigenvalue weighted by Gasteiger charge is -2.21. The summed E-state index contributed by atoms with van der Waals surface area (Å²) in [5.74, 6) is -0.151. The Hall–Kier alpha value is -2.40. The first kappa shape index (κ1) is 17.0. The zero-order chi connectivity index (χ0) is 16.8. The molecule has 0 radical (unpaired) electrons. The number of carbonyl (C=O) groups is 1. The van der Waals surface area contributed by atoms with E-state index in [1.54, 1.807) is 29.2 Å². The third-order valence-corrected chi connectivity index (χ3v) is 3.76. The molecule has 0 bridgehead atoms. The molecule has 2 aromatic rings. The highest BCUT2D eigenvalue weighted by molar-refractivity contribution is 6.30. The number of hydrogen-bond donors (Lipinski definition) is 0. The second-order valence-corrected chi connectivity index (χ2v) is 5.54. The van der Waals surface area contributed by atoms with Crippen molar-refractivity contribution in [3.05, 3.63) is 74.8 Å². The Morgan fingerprint density at radius 2 is 1.96 bits per heavy atom. The first-order valence-electron chi connectivity index (χ1n) is 7.25. The van der Waals surface area contributed by atoms with Gasteiger partial charge in [-0.25, -0.2) is 0 Å². The molecule has 1 amide bonds. The van der Waals surface area contributed by atoms with Crippen molar-refractivity contribution >= 4 is 23.2 Å². The van der Waals surface area contributed by atoms with Gasteiger partial charge in [-0.15, -0.1) is 0 Å². The SMILES string of the molecule is CCN(Cc1cccc(Cl)c1)C(=O)Cc1ccccc1[N+](=O)[O-]. The molecule has 0 N–H and O–H groups in total. The van der Waals surface area contributed by atoms with Gasteiger partial charge in [-0.3, -0.25) is 14.9 Å². The lowest BCUT2D eigenvalue weighted by Crippen LogP contribution is -2.31. The number of halogens is 1. The molecule has 2 aromatic carbocycles. The highest BCUT2D eigenvalue weighted by atomic mass is 35.5. The lowest BCUT2D eigenvalue weighted by atomic mass is 10.1. The van der Waals surface area contributed by atoms with E-state index in [0.29, 0.717) is 23.7 Å². The van der Waals surface area contributed by atoms with Gasteiger partial charge < -0.3 is 4.90 Å². The molecule has 0 aliphatic carbocycles. The summed E-state index contributed by atoms with van der Waals surface area (Å²) in [4.78, 5) is 24.7. The van der Waals surface area contributed by atoms with Crippen LogP contribution in [-0.4, -0.2) is 22.3 Å². The molecule has 0 heterocycles. The molecule has 0 aliphatic rings. The Labute approximate surface area is 139 Å². The fraction of sp³-hybridized carbons (Fsp3) is 0.235. The number of para-hydroxylation sites is 1. The maximum Gasteiger partial charge on any atom is 0.273 e. The maximum absolute atomic E-state index is 12.5. The van der Waals surface area contributed by atoms with Crippen LogP contribution < -0.4 is 0 Å². The second-order valence-electron chi connectivity index (χ2n) is 5.10. The van der Waals surface area contributed by atoms with E-state index in [0.717, 1.165) is 5.56 Å². The van der Waals surface area contributed by atoms with Crippen LogP contribution in [0.4, 0.5) is 5.69 Å². The molecule has 0 saturated heterocycles. The Balaban J connectivity index is 2.13. The summed E-state index contributed by atoms with van der Waals surface area (Å²) < 4.78 is 0. The van der Waals surface area contributed by atoms with Crippen molar-refractivity contribution in [1.82, 2.24) is 4.90 Å². The van der Waals surface area contributed by atoms with E-state index >= 15 is 0 Å². The third-order valence-electron chi connectivity index (χ3n) is 3.53. The number of hydrogen-bond acceptors (Lipinski definition) is 3. The number of rotatable bonds is 6.